The molecule has 0 spiro atoms. The van der Waals surface area contributed by atoms with E-state index in [9.17, 15) is 4.79 Å². The Labute approximate surface area is 117 Å². The lowest BCUT2D eigenvalue weighted by atomic mass is 10.0. The number of hydrogen-bond acceptors (Lipinski definition) is 4. The topological polar surface area (TPSA) is 61.6 Å². The fourth-order valence-electron chi connectivity index (χ4n) is 2.30. The Morgan fingerprint density at radius 1 is 1.21 bits per heavy atom. The monoisotopic (exact) mass is 270 g/mol. The molecule has 1 fully saturated rings. The van der Waals surface area contributed by atoms with Gasteiger partial charge in [-0.2, -0.15) is 0 Å². The highest BCUT2D eigenvalue weighted by Crippen LogP contribution is 2.07. The maximum absolute atomic E-state index is 12.0. The standard InChI is InChI=1S/C14H30N4O/c1-4-14(2,3)16-13(19)12-18-8-5-7-17(9-6-15)10-11-18/h4-12,15H2,1-3H3,(H,16,19). The molecule has 19 heavy (non-hydrogen) atoms. The second kappa shape index (κ2) is 7.82. The molecule has 3 N–H and O–H groups in total. The molecule has 112 valence electrons. The van der Waals surface area contributed by atoms with E-state index in [1.165, 1.54) is 0 Å². The van der Waals surface area contributed by atoms with Gasteiger partial charge in [0.2, 0.25) is 5.91 Å². The van der Waals surface area contributed by atoms with Gasteiger partial charge in [0.15, 0.2) is 0 Å². The highest BCUT2D eigenvalue weighted by atomic mass is 16.2. The average Bonchev–Trinajstić information content (AvgIpc) is 2.55. The Balaban J connectivity index is 2.35. The summed E-state index contributed by atoms with van der Waals surface area (Å²) >= 11 is 0. The van der Waals surface area contributed by atoms with Crippen molar-refractivity contribution in [3.63, 3.8) is 0 Å². The van der Waals surface area contributed by atoms with E-state index < -0.39 is 0 Å². The van der Waals surface area contributed by atoms with Crippen molar-refractivity contribution >= 4 is 5.91 Å². The zero-order valence-corrected chi connectivity index (χ0v) is 12.7. The number of hydrogen-bond donors (Lipinski definition) is 2. The summed E-state index contributed by atoms with van der Waals surface area (Å²) in [5.41, 5.74) is 5.49. The molecule has 0 bridgehead atoms. The van der Waals surface area contributed by atoms with Crippen molar-refractivity contribution in [2.24, 2.45) is 5.73 Å². The minimum atomic E-state index is -0.103. The summed E-state index contributed by atoms with van der Waals surface area (Å²) in [6, 6.07) is 0. The second-order valence-electron chi connectivity index (χ2n) is 6.05. The van der Waals surface area contributed by atoms with Crippen molar-refractivity contribution in [2.75, 3.05) is 45.8 Å². The van der Waals surface area contributed by atoms with Gasteiger partial charge in [-0.3, -0.25) is 9.69 Å². The van der Waals surface area contributed by atoms with Gasteiger partial charge in [-0.15, -0.1) is 0 Å². The summed E-state index contributed by atoms with van der Waals surface area (Å²) in [7, 11) is 0. The van der Waals surface area contributed by atoms with Crippen molar-refractivity contribution in [1.29, 1.82) is 0 Å². The molecule has 0 saturated carbocycles. The first-order valence-electron chi connectivity index (χ1n) is 7.42. The van der Waals surface area contributed by atoms with Crippen LogP contribution >= 0.6 is 0 Å². The lowest BCUT2D eigenvalue weighted by Crippen LogP contribution is -2.48. The zero-order valence-electron chi connectivity index (χ0n) is 12.7. The molecular weight excluding hydrogens is 240 g/mol. The van der Waals surface area contributed by atoms with Crippen molar-refractivity contribution in [3.8, 4) is 0 Å². The van der Waals surface area contributed by atoms with Crippen LogP contribution in [0.15, 0.2) is 0 Å². The highest BCUT2D eigenvalue weighted by molar-refractivity contribution is 5.78. The molecule has 0 unspecified atom stereocenters. The molecule has 0 radical (unpaired) electrons. The van der Waals surface area contributed by atoms with Crippen LogP contribution in [-0.2, 0) is 4.79 Å². The van der Waals surface area contributed by atoms with Crippen LogP contribution in [0.4, 0.5) is 0 Å². The minimum Gasteiger partial charge on any atom is -0.350 e. The van der Waals surface area contributed by atoms with Crippen molar-refractivity contribution < 1.29 is 4.79 Å². The first kappa shape index (κ1) is 16.4. The number of nitrogens with one attached hydrogen (secondary N) is 1. The molecule has 1 rings (SSSR count). The van der Waals surface area contributed by atoms with E-state index in [0.717, 1.165) is 45.6 Å². The molecule has 1 aliphatic heterocycles. The Kier molecular flexibility index (Phi) is 6.75. The Bertz CT molecular complexity index is 281. The minimum absolute atomic E-state index is 0.103. The van der Waals surface area contributed by atoms with E-state index in [0.29, 0.717) is 13.1 Å². The fourth-order valence-corrected chi connectivity index (χ4v) is 2.30. The van der Waals surface area contributed by atoms with Crippen molar-refractivity contribution in [2.45, 2.75) is 39.2 Å². The van der Waals surface area contributed by atoms with Gasteiger partial charge >= 0.3 is 0 Å². The van der Waals surface area contributed by atoms with Crippen molar-refractivity contribution in [3.05, 3.63) is 0 Å². The van der Waals surface area contributed by atoms with Gasteiger partial charge in [-0.05, 0) is 39.8 Å². The molecule has 0 aromatic heterocycles. The predicted octanol–water partition coefficient (Wildman–Crippen LogP) is 0.258. The van der Waals surface area contributed by atoms with E-state index in [1.807, 2.05) is 0 Å². The van der Waals surface area contributed by atoms with Gasteiger partial charge in [0.1, 0.15) is 0 Å². The lowest BCUT2D eigenvalue weighted by Gasteiger charge is -2.27. The summed E-state index contributed by atoms with van der Waals surface area (Å²) in [6.07, 6.45) is 2.06. The quantitative estimate of drug-likeness (QED) is 0.727. The number of carbonyl (C=O) groups excluding carboxylic acids is 1. The maximum Gasteiger partial charge on any atom is 0.234 e. The van der Waals surface area contributed by atoms with Crippen LogP contribution in [0.2, 0.25) is 0 Å². The molecule has 1 amide bonds. The third kappa shape index (κ3) is 6.36. The van der Waals surface area contributed by atoms with E-state index in [1.54, 1.807) is 0 Å². The number of rotatable bonds is 6. The van der Waals surface area contributed by atoms with Crippen LogP contribution in [0.5, 0.6) is 0 Å². The lowest BCUT2D eigenvalue weighted by molar-refractivity contribution is -0.123. The Morgan fingerprint density at radius 3 is 2.47 bits per heavy atom. The third-order valence-electron chi connectivity index (χ3n) is 3.86. The summed E-state index contributed by atoms with van der Waals surface area (Å²) < 4.78 is 0. The highest BCUT2D eigenvalue weighted by Gasteiger charge is 2.21. The predicted molar refractivity (Wildman–Crippen MR) is 79.1 cm³/mol. The number of nitrogens with zero attached hydrogens (tertiary/aromatic N) is 2. The van der Waals surface area contributed by atoms with E-state index >= 15 is 0 Å². The summed E-state index contributed by atoms with van der Waals surface area (Å²) in [4.78, 5) is 16.6. The van der Waals surface area contributed by atoms with Gasteiger partial charge in [0.25, 0.3) is 0 Å². The fraction of sp³-hybridized carbons (Fsp3) is 0.929. The smallest absolute Gasteiger partial charge is 0.234 e. The zero-order chi connectivity index (χ0) is 14.3. The van der Waals surface area contributed by atoms with Crippen LogP contribution in [0, 0.1) is 0 Å². The Hall–Kier alpha value is -0.650. The van der Waals surface area contributed by atoms with Gasteiger partial charge in [0, 0.05) is 31.7 Å². The maximum atomic E-state index is 12.0. The number of carbonyl (C=O) groups is 1. The second-order valence-corrected chi connectivity index (χ2v) is 6.05. The Morgan fingerprint density at radius 2 is 1.84 bits per heavy atom. The third-order valence-corrected chi connectivity index (χ3v) is 3.86. The van der Waals surface area contributed by atoms with E-state index in [4.69, 9.17) is 5.73 Å². The van der Waals surface area contributed by atoms with Gasteiger partial charge in [-0.1, -0.05) is 6.92 Å². The molecule has 1 saturated heterocycles. The molecule has 5 nitrogen and oxygen atoms in total. The van der Waals surface area contributed by atoms with Crippen LogP contribution in [0.25, 0.3) is 0 Å². The largest absolute Gasteiger partial charge is 0.350 e. The van der Waals surface area contributed by atoms with Gasteiger partial charge < -0.3 is 16.0 Å². The number of nitrogens with two attached hydrogens (primary N) is 1. The molecule has 5 heteroatoms. The first-order chi connectivity index (χ1) is 8.96. The molecule has 1 aliphatic rings. The molecule has 1 heterocycles. The summed E-state index contributed by atoms with van der Waals surface area (Å²) in [5.74, 6) is 0.138. The molecule has 0 aliphatic carbocycles. The van der Waals surface area contributed by atoms with Crippen LogP contribution in [0.3, 0.4) is 0 Å². The average molecular weight is 270 g/mol. The van der Waals surface area contributed by atoms with Crippen LogP contribution < -0.4 is 11.1 Å². The molecule has 0 aromatic rings. The normalized spacial score (nSPS) is 19.2. The molecule has 0 atom stereocenters. The first-order valence-corrected chi connectivity index (χ1v) is 7.42. The van der Waals surface area contributed by atoms with Crippen LogP contribution in [-0.4, -0.2) is 67.1 Å². The molecular formula is C14H30N4O. The SMILES string of the molecule is CCC(C)(C)NC(=O)CN1CCCN(CCN)CC1. The van der Waals surface area contributed by atoms with E-state index in [-0.39, 0.29) is 11.4 Å². The number of amides is 1. The molecule has 0 aromatic carbocycles. The van der Waals surface area contributed by atoms with Gasteiger partial charge in [0.05, 0.1) is 6.54 Å². The van der Waals surface area contributed by atoms with E-state index in [2.05, 4.69) is 35.9 Å². The van der Waals surface area contributed by atoms with Crippen LogP contribution in [0.1, 0.15) is 33.6 Å². The summed E-state index contributed by atoms with van der Waals surface area (Å²) in [6.45, 7) is 12.5. The van der Waals surface area contributed by atoms with Gasteiger partial charge in [-0.25, -0.2) is 0 Å². The summed E-state index contributed by atoms with van der Waals surface area (Å²) in [5, 5.41) is 3.10. The van der Waals surface area contributed by atoms with Crippen molar-refractivity contribution in [1.82, 2.24) is 15.1 Å².